The summed E-state index contributed by atoms with van der Waals surface area (Å²) in [6.45, 7) is 1.26. The van der Waals surface area contributed by atoms with Crippen molar-refractivity contribution in [3.05, 3.63) is 84.1 Å². The summed E-state index contributed by atoms with van der Waals surface area (Å²) < 4.78 is 40.8. The van der Waals surface area contributed by atoms with Gasteiger partial charge in [-0.2, -0.15) is 0 Å². The molecule has 4 aromatic rings. The van der Waals surface area contributed by atoms with Crippen LogP contribution in [0.2, 0.25) is 0 Å². The Bertz CT molecular complexity index is 1430. The number of nitrogens with one attached hydrogen (secondary N) is 2. The van der Waals surface area contributed by atoms with E-state index in [0.29, 0.717) is 24.7 Å². The largest absolute Gasteiger partial charge is 0.490 e. The number of H-pyrrole nitrogens is 1. The van der Waals surface area contributed by atoms with Gasteiger partial charge >= 0.3 is 0 Å². The van der Waals surface area contributed by atoms with Crippen molar-refractivity contribution in [2.45, 2.75) is 17.2 Å². The summed E-state index contributed by atoms with van der Waals surface area (Å²) in [4.78, 5) is 5.52. The van der Waals surface area contributed by atoms with Gasteiger partial charge in [-0.25, -0.2) is 13.1 Å². The molecule has 0 saturated carbocycles. The number of hydrogen-bond acceptors (Lipinski definition) is 5. The Hall–Kier alpha value is -3.49. The first-order valence-corrected chi connectivity index (χ1v) is 13.1. The predicted molar refractivity (Wildman–Crippen MR) is 138 cm³/mol. The molecule has 8 heteroatoms. The van der Waals surface area contributed by atoms with Crippen LogP contribution in [-0.4, -0.2) is 47.3 Å². The Labute approximate surface area is 205 Å². The zero-order chi connectivity index (χ0) is 24.4. The van der Waals surface area contributed by atoms with Crippen molar-refractivity contribution in [3.63, 3.8) is 0 Å². The lowest BCUT2D eigenvalue weighted by Gasteiger charge is -2.20. The average Bonchev–Trinajstić information content (AvgIpc) is 3.14. The van der Waals surface area contributed by atoms with Gasteiger partial charge in [0.05, 0.1) is 18.1 Å². The number of fused-ring (bicyclic) bond motifs is 2. The molecule has 0 spiro atoms. The van der Waals surface area contributed by atoms with E-state index in [1.165, 1.54) is 6.07 Å². The molecule has 1 aromatic heterocycles. The van der Waals surface area contributed by atoms with E-state index in [-0.39, 0.29) is 17.4 Å². The Kier molecular flexibility index (Phi) is 6.40. The smallest absolute Gasteiger partial charge is 0.240 e. The zero-order valence-corrected chi connectivity index (χ0v) is 20.6. The number of para-hydroxylation sites is 1. The van der Waals surface area contributed by atoms with Crippen LogP contribution < -0.4 is 19.1 Å². The fraction of sp³-hybridized carbons (Fsp3) is 0.259. The van der Waals surface area contributed by atoms with E-state index in [4.69, 9.17) is 9.47 Å². The zero-order valence-electron chi connectivity index (χ0n) is 19.8. The van der Waals surface area contributed by atoms with Gasteiger partial charge in [0.15, 0.2) is 11.5 Å². The quantitative estimate of drug-likeness (QED) is 0.398. The fourth-order valence-corrected chi connectivity index (χ4v) is 5.44. The van der Waals surface area contributed by atoms with Crippen LogP contribution in [-0.2, 0) is 10.0 Å². The minimum atomic E-state index is -3.78. The number of benzene rings is 3. The molecule has 0 saturated heterocycles. The molecule has 182 valence electrons. The molecule has 0 unspecified atom stereocenters. The highest BCUT2D eigenvalue weighted by Crippen LogP contribution is 2.34. The third-order valence-electron chi connectivity index (χ3n) is 6.32. The van der Waals surface area contributed by atoms with Crippen molar-refractivity contribution in [2.75, 3.05) is 38.8 Å². The first-order valence-electron chi connectivity index (χ1n) is 11.6. The third kappa shape index (κ3) is 4.85. The molecular weight excluding hydrogens is 462 g/mol. The second kappa shape index (κ2) is 9.64. The van der Waals surface area contributed by atoms with Crippen molar-refractivity contribution in [1.29, 1.82) is 0 Å². The van der Waals surface area contributed by atoms with Gasteiger partial charge < -0.3 is 19.4 Å². The summed E-state index contributed by atoms with van der Waals surface area (Å²) >= 11 is 0. The summed E-state index contributed by atoms with van der Waals surface area (Å²) in [6.07, 6.45) is 2.73. The highest BCUT2D eigenvalue weighted by atomic mass is 32.2. The van der Waals surface area contributed by atoms with Gasteiger partial charge in [0.1, 0.15) is 0 Å². The Morgan fingerprint density at radius 2 is 1.71 bits per heavy atom. The van der Waals surface area contributed by atoms with Gasteiger partial charge in [-0.05, 0) is 41.5 Å². The second-order valence-electron chi connectivity index (χ2n) is 8.84. The normalized spacial score (nSPS) is 14.5. The summed E-state index contributed by atoms with van der Waals surface area (Å²) in [5.74, 6) is 0.842. The molecule has 5 rings (SSSR count). The molecular formula is C27H29N3O4S. The SMILES string of the molecule is CN(C)c1ccc([C@H](CNS(=O)(=O)c2ccc3c(c2)OCCCO3)c2c[nH]c3ccccc23)cc1. The molecule has 0 aliphatic carbocycles. The van der Waals surface area contributed by atoms with Crippen LogP contribution in [0.15, 0.2) is 77.8 Å². The highest BCUT2D eigenvalue weighted by molar-refractivity contribution is 7.89. The highest BCUT2D eigenvalue weighted by Gasteiger charge is 2.23. The van der Waals surface area contributed by atoms with Crippen LogP contribution in [0.4, 0.5) is 5.69 Å². The van der Waals surface area contributed by atoms with Crippen LogP contribution in [0.25, 0.3) is 10.9 Å². The molecule has 3 aromatic carbocycles. The monoisotopic (exact) mass is 491 g/mol. The maximum absolute atomic E-state index is 13.3. The number of sulfonamides is 1. The number of hydrogen-bond donors (Lipinski definition) is 2. The van der Waals surface area contributed by atoms with E-state index in [0.717, 1.165) is 34.1 Å². The van der Waals surface area contributed by atoms with Crippen molar-refractivity contribution in [2.24, 2.45) is 0 Å². The van der Waals surface area contributed by atoms with Crippen LogP contribution in [0, 0.1) is 0 Å². The van der Waals surface area contributed by atoms with E-state index in [1.54, 1.807) is 12.1 Å². The second-order valence-corrected chi connectivity index (χ2v) is 10.6. The van der Waals surface area contributed by atoms with Crippen molar-refractivity contribution >= 4 is 26.6 Å². The summed E-state index contributed by atoms with van der Waals surface area (Å²) in [5, 5.41) is 1.07. The molecule has 0 bridgehead atoms. The summed E-state index contributed by atoms with van der Waals surface area (Å²) in [5.41, 5.74) is 4.17. The van der Waals surface area contributed by atoms with Gasteiger partial charge in [-0.15, -0.1) is 0 Å². The standard InChI is InChI=1S/C27H29N3O4S/c1-30(2)20-10-8-19(9-11-20)23(24-17-28-25-7-4-3-6-22(24)25)18-29-35(31,32)21-12-13-26-27(16-21)34-15-5-14-33-26/h3-4,6-13,16-17,23,28-29H,5,14-15,18H2,1-2H3/t23-/m0/s1. The van der Waals surface area contributed by atoms with Gasteiger partial charge in [-0.3, -0.25) is 0 Å². The first kappa shape index (κ1) is 23.3. The Morgan fingerprint density at radius 3 is 2.49 bits per heavy atom. The summed E-state index contributed by atoms with van der Waals surface area (Å²) in [7, 11) is 0.213. The lowest BCUT2D eigenvalue weighted by molar-refractivity contribution is 0.297. The molecule has 0 radical (unpaired) electrons. The summed E-state index contributed by atoms with van der Waals surface area (Å²) in [6, 6.07) is 21.0. The van der Waals surface area contributed by atoms with E-state index >= 15 is 0 Å². The number of ether oxygens (including phenoxy) is 2. The van der Waals surface area contributed by atoms with Crippen LogP contribution in [0.1, 0.15) is 23.5 Å². The van der Waals surface area contributed by atoms with Crippen molar-refractivity contribution in [3.8, 4) is 11.5 Å². The van der Waals surface area contributed by atoms with Gasteiger partial charge in [0, 0.05) is 61.8 Å². The molecule has 2 heterocycles. The lowest BCUT2D eigenvalue weighted by Crippen LogP contribution is -2.29. The van der Waals surface area contributed by atoms with Crippen molar-refractivity contribution < 1.29 is 17.9 Å². The fourth-order valence-electron chi connectivity index (χ4n) is 4.38. The predicted octanol–water partition coefficient (Wildman–Crippen LogP) is 4.51. The van der Waals surface area contributed by atoms with Gasteiger partial charge in [-0.1, -0.05) is 30.3 Å². The minimum absolute atomic E-state index is 0.155. The van der Waals surface area contributed by atoms with Crippen LogP contribution >= 0.6 is 0 Å². The molecule has 7 nitrogen and oxygen atoms in total. The van der Waals surface area contributed by atoms with E-state index in [1.807, 2.05) is 43.4 Å². The number of nitrogens with zero attached hydrogens (tertiary/aromatic N) is 1. The molecule has 2 N–H and O–H groups in total. The van der Waals surface area contributed by atoms with E-state index < -0.39 is 10.0 Å². The topological polar surface area (TPSA) is 83.7 Å². The molecule has 0 fully saturated rings. The van der Waals surface area contributed by atoms with Crippen molar-refractivity contribution in [1.82, 2.24) is 9.71 Å². The van der Waals surface area contributed by atoms with Crippen LogP contribution in [0.5, 0.6) is 11.5 Å². The first-order chi connectivity index (χ1) is 16.9. The van der Waals surface area contributed by atoms with E-state index in [2.05, 4.69) is 40.0 Å². The molecule has 35 heavy (non-hydrogen) atoms. The average molecular weight is 492 g/mol. The molecule has 1 aliphatic heterocycles. The third-order valence-corrected chi connectivity index (χ3v) is 7.74. The lowest BCUT2D eigenvalue weighted by atomic mass is 9.91. The Balaban J connectivity index is 1.46. The molecule has 1 aliphatic rings. The Morgan fingerprint density at radius 1 is 0.971 bits per heavy atom. The molecule has 0 amide bonds. The number of anilines is 1. The number of aromatic amines is 1. The number of aromatic nitrogens is 1. The maximum atomic E-state index is 13.3. The van der Waals surface area contributed by atoms with Gasteiger partial charge in [0.25, 0.3) is 0 Å². The molecule has 1 atom stereocenters. The number of rotatable bonds is 7. The van der Waals surface area contributed by atoms with E-state index in [9.17, 15) is 8.42 Å². The minimum Gasteiger partial charge on any atom is -0.490 e. The maximum Gasteiger partial charge on any atom is 0.240 e. The van der Waals surface area contributed by atoms with Gasteiger partial charge in [0.2, 0.25) is 10.0 Å². The van der Waals surface area contributed by atoms with Crippen LogP contribution in [0.3, 0.4) is 0 Å².